The first-order valence-corrected chi connectivity index (χ1v) is 8.92. The number of carbonyl (C=O) groups excluding carboxylic acids is 1. The highest BCUT2D eigenvalue weighted by atomic mass is 19.1. The standard InChI is InChI=1S/C22H21FN2O3/c1-2-27-19-12-8-18(9-13-19)25-22(26)24-15-16-4-3-5-21(14-16)28-20-10-6-17(23)7-11-20/h3-14H,2,15H2,1H3,(H2,24,25,26). The van der Waals surface area contributed by atoms with Crippen molar-refractivity contribution in [2.75, 3.05) is 11.9 Å². The maximum Gasteiger partial charge on any atom is 0.319 e. The fourth-order valence-corrected chi connectivity index (χ4v) is 2.52. The van der Waals surface area contributed by atoms with Gasteiger partial charge in [0.15, 0.2) is 0 Å². The van der Waals surface area contributed by atoms with Crippen molar-refractivity contribution in [1.29, 1.82) is 0 Å². The predicted octanol–water partition coefficient (Wildman–Crippen LogP) is 5.34. The lowest BCUT2D eigenvalue weighted by molar-refractivity contribution is 0.251. The number of rotatable bonds is 7. The molecule has 0 aliphatic carbocycles. The summed E-state index contributed by atoms with van der Waals surface area (Å²) in [6, 6.07) is 20.0. The number of anilines is 1. The summed E-state index contributed by atoms with van der Waals surface area (Å²) >= 11 is 0. The molecule has 0 aromatic heterocycles. The summed E-state index contributed by atoms with van der Waals surface area (Å²) in [5.74, 6) is 1.59. The second kappa shape index (κ2) is 9.41. The van der Waals surface area contributed by atoms with Crippen LogP contribution in [0, 0.1) is 5.82 Å². The van der Waals surface area contributed by atoms with E-state index in [1.54, 1.807) is 42.5 Å². The molecule has 5 nitrogen and oxygen atoms in total. The fraction of sp³-hybridized carbons (Fsp3) is 0.136. The van der Waals surface area contributed by atoms with Crippen molar-refractivity contribution in [3.05, 3.63) is 84.2 Å². The zero-order chi connectivity index (χ0) is 19.8. The molecule has 6 heteroatoms. The van der Waals surface area contributed by atoms with Crippen LogP contribution in [-0.2, 0) is 6.54 Å². The molecule has 0 aliphatic rings. The molecule has 0 bridgehead atoms. The number of carbonyl (C=O) groups is 1. The van der Waals surface area contributed by atoms with Crippen LogP contribution in [0.1, 0.15) is 12.5 Å². The Morgan fingerprint density at radius 2 is 1.64 bits per heavy atom. The van der Waals surface area contributed by atoms with E-state index < -0.39 is 0 Å². The quantitative estimate of drug-likeness (QED) is 0.582. The number of urea groups is 1. The van der Waals surface area contributed by atoms with E-state index in [0.717, 1.165) is 11.3 Å². The highest BCUT2D eigenvalue weighted by Crippen LogP contribution is 2.22. The highest BCUT2D eigenvalue weighted by Gasteiger charge is 2.04. The van der Waals surface area contributed by atoms with Crippen LogP contribution in [0.15, 0.2) is 72.8 Å². The van der Waals surface area contributed by atoms with Crippen LogP contribution in [-0.4, -0.2) is 12.6 Å². The monoisotopic (exact) mass is 380 g/mol. The minimum Gasteiger partial charge on any atom is -0.494 e. The Morgan fingerprint density at radius 3 is 2.36 bits per heavy atom. The van der Waals surface area contributed by atoms with Gasteiger partial charge in [0, 0.05) is 12.2 Å². The largest absolute Gasteiger partial charge is 0.494 e. The molecular formula is C22H21FN2O3. The van der Waals surface area contributed by atoms with Crippen LogP contribution < -0.4 is 20.1 Å². The first-order chi connectivity index (χ1) is 13.6. The van der Waals surface area contributed by atoms with Crippen molar-refractivity contribution < 1.29 is 18.7 Å². The Morgan fingerprint density at radius 1 is 0.929 bits per heavy atom. The van der Waals surface area contributed by atoms with Gasteiger partial charge < -0.3 is 20.1 Å². The van der Waals surface area contributed by atoms with Crippen LogP contribution in [0.4, 0.5) is 14.9 Å². The maximum atomic E-state index is 13.0. The minimum absolute atomic E-state index is 0.311. The molecule has 3 aromatic rings. The van der Waals surface area contributed by atoms with Crippen LogP contribution in [0.3, 0.4) is 0 Å². The molecule has 2 amide bonds. The molecule has 2 N–H and O–H groups in total. The van der Waals surface area contributed by atoms with Gasteiger partial charge in [-0.25, -0.2) is 9.18 Å². The summed E-state index contributed by atoms with van der Waals surface area (Å²) < 4.78 is 24.0. The summed E-state index contributed by atoms with van der Waals surface area (Å²) in [5, 5.41) is 5.57. The number of halogens is 1. The van der Waals surface area contributed by atoms with E-state index in [2.05, 4.69) is 10.6 Å². The second-order valence-electron chi connectivity index (χ2n) is 5.97. The molecular weight excluding hydrogens is 359 g/mol. The molecule has 0 radical (unpaired) electrons. The van der Waals surface area contributed by atoms with E-state index in [1.807, 2.05) is 25.1 Å². The topological polar surface area (TPSA) is 59.6 Å². The SMILES string of the molecule is CCOc1ccc(NC(=O)NCc2cccc(Oc3ccc(F)cc3)c2)cc1. The Hall–Kier alpha value is -3.54. The third-order valence-electron chi connectivity index (χ3n) is 3.82. The Kier molecular flexibility index (Phi) is 6.46. The van der Waals surface area contributed by atoms with Crippen LogP contribution in [0.5, 0.6) is 17.2 Å². The van der Waals surface area contributed by atoms with Crippen LogP contribution >= 0.6 is 0 Å². The lowest BCUT2D eigenvalue weighted by Crippen LogP contribution is -2.28. The fourth-order valence-electron chi connectivity index (χ4n) is 2.52. The van der Waals surface area contributed by atoms with Gasteiger partial charge in [-0.1, -0.05) is 12.1 Å². The summed E-state index contributed by atoms with van der Waals surface area (Å²) in [5.41, 5.74) is 1.55. The predicted molar refractivity (Wildman–Crippen MR) is 106 cm³/mol. The molecule has 0 fully saturated rings. The smallest absolute Gasteiger partial charge is 0.319 e. The molecule has 0 atom stereocenters. The second-order valence-corrected chi connectivity index (χ2v) is 5.97. The number of hydrogen-bond donors (Lipinski definition) is 2. The average Bonchev–Trinajstić information content (AvgIpc) is 2.70. The molecule has 0 saturated carbocycles. The highest BCUT2D eigenvalue weighted by molar-refractivity contribution is 5.89. The number of ether oxygens (including phenoxy) is 2. The summed E-state index contributed by atoms with van der Waals surface area (Å²) in [7, 11) is 0. The molecule has 0 unspecified atom stereocenters. The lowest BCUT2D eigenvalue weighted by Gasteiger charge is -2.10. The van der Waals surface area contributed by atoms with E-state index >= 15 is 0 Å². The van der Waals surface area contributed by atoms with Gasteiger partial charge in [-0.05, 0) is 73.2 Å². The molecule has 3 rings (SSSR count). The minimum atomic E-state index is -0.316. The van der Waals surface area contributed by atoms with Gasteiger partial charge in [0.1, 0.15) is 23.1 Å². The van der Waals surface area contributed by atoms with Crippen molar-refractivity contribution in [3.63, 3.8) is 0 Å². The van der Waals surface area contributed by atoms with Crippen molar-refractivity contribution in [1.82, 2.24) is 5.32 Å². The van der Waals surface area contributed by atoms with E-state index in [9.17, 15) is 9.18 Å². The third-order valence-corrected chi connectivity index (χ3v) is 3.82. The van der Waals surface area contributed by atoms with Gasteiger partial charge in [0.25, 0.3) is 0 Å². The van der Waals surface area contributed by atoms with Crippen molar-refractivity contribution in [3.8, 4) is 17.2 Å². The zero-order valence-corrected chi connectivity index (χ0v) is 15.4. The first-order valence-electron chi connectivity index (χ1n) is 8.92. The van der Waals surface area contributed by atoms with E-state index in [-0.39, 0.29) is 11.8 Å². The molecule has 0 saturated heterocycles. The van der Waals surface area contributed by atoms with Gasteiger partial charge in [0.2, 0.25) is 0 Å². The molecule has 3 aromatic carbocycles. The molecule has 0 spiro atoms. The number of hydrogen-bond acceptors (Lipinski definition) is 3. The molecule has 0 aliphatic heterocycles. The number of amides is 2. The van der Waals surface area contributed by atoms with Crippen molar-refractivity contribution in [2.45, 2.75) is 13.5 Å². The van der Waals surface area contributed by atoms with Crippen LogP contribution in [0.25, 0.3) is 0 Å². The number of nitrogens with one attached hydrogen (secondary N) is 2. The summed E-state index contributed by atoms with van der Waals surface area (Å²) in [6.07, 6.45) is 0. The van der Waals surface area contributed by atoms with Crippen LogP contribution in [0.2, 0.25) is 0 Å². The zero-order valence-electron chi connectivity index (χ0n) is 15.4. The molecule has 28 heavy (non-hydrogen) atoms. The normalized spacial score (nSPS) is 10.2. The van der Waals surface area contributed by atoms with Gasteiger partial charge in [-0.3, -0.25) is 0 Å². The summed E-state index contributed by atoms with van der Waals surface area (Å²) in [6.45, 7) is 2.85. The van der Waals surface area contributed by atoms with E-state index in [0.29, 0.717) is 30.3 Å². The van der Waals surface area contributed by atoms with Gasteiger partial charge in [-0.15, -0.1) is 0 Å². The van der Waals surface area contributed by atoms with Gasteiger partial charge in [-0.2, -0.15) is 0 Å². The lowest BCUT2D eigenvalue weighted by atomic mass is 10.2. The van der Waals surface area contributed by atoms with Crippen molar-refractivity contribution >= 4 is 11.7 Å². The Labute approximate surface area is 163 Å². The Balaban J connectivity index is 1.52. The van der Waals surface area contributed by atoms with Gasteiger partial charge in [0.05, 0.1) is 6.61 Å². The maximum absolute atomic E-state index is 13.0. The number of benzene rings is 3. The third kappa shape index (κ3) is 5.74. The first kappa shape index (κ1) is 19.2. The molecule has 144 valence electrons. The van der Waals surface area contributed by atoms with Crippen molar-refractivity contribution in [2.24, 2.45) is 0 Å². The van der Waals surface area contributed by atoms with E-state index in [1.165, 1.54) is 12.1 Å². The van der Waals surface area contributed by atoms with Gasteiger partial charge >= 0.3 is 6.03 Å². The van der Waals surface area contributed by atoms with E-state index in [4.69, 9.17) is 9.47 Å². The molecule has 0 heterocycles. The average molecular weight is 380 g/mol. The summed E-state index contributed by atoms with van der Waals surface area (Å²) in [4.78, 5) is 12.1. The Bertz CT molecular complexity index is 912.